The van der Waals surface area contributed by atoms with Crippen LogP contribution in [0, 0.1) is 6.92 Å². The number of para-hydroxylation sites is 1. The second-order valence-corrected chi connectivity index (χ2v) is 6.50. The molecule has 132 valence electrons. The topological polar surface area (TPSA) is 73.5 Å². The zero-order chi connectivity index (χ0) is 17.5. The van der Waals surface area contributed by atoms with E-state index in [1.54, 1.807) is 0 Å². The molecule has 1 aliphatic heterocycles. The standard InChI is InChI=1S/C18H28N4O2/c1-13(2)15-6-4-5-14(3)16(15)21-18(24)17(23)20-9-12-22-10-7-19-8-11-22/h4-6,13,19H,7-12H2,1-3H3,(H,20,23)(H,21,24). The molecule has 1 aliphatic rings. The Morgan fingerprint density at radius 2 is 1.92 bits per heavy atom. The molecule has 0 radical (unpaired) electrons. The van der Waals surface area contributed by atoms with Crippen LogP contribution in [0.4, 0.5) is 5.69 Å². The number of amides is 2. The van der Waals surface area contributed by atoms with Gasteiger partial charge in [0.1, 0.15) is 0 Å². The quantitative estimate of drug-likeness (QED) is 0.706. The zero-order valence-corrected chi connectivity index (χ0v) is 14.8. The van der Waals surface area contributed by atoms with Crippen molar-refractivity contribution in [3.05, 3.63) is 29.3 Å². The highest BCUT2D eigenvalue weighted by atomic mass is 16.2. The first kappa shape index (κ1) is 18.4. The van der Waals surface area contributed by atoms with Crippen molar-refractivity contribution in [2.24, 2.45) is 0 Å². The summed E-state index contributed by atoms with van der Waals surface area (Å²) < 4.78 is 0. The summed E-state index contributed by atoms with van der Waals surface area (Å²) in [5.41, 5.74) is 2.75. The van der Waals surface area contributed by atoms with Gasteiger partial charge in [0.15, 0.2) is 0 Å². The van der Waals surface area contributed by atoms with Crippen LogP contribution in [0.1, 0.15) is 30.9 Å². The van der Waals surface area contributed by atoms with Crippen molar-refractivity contribution in [2.75, 3.05) is 44.6 Å². The second-order valence-electron chi connectivity index (χ2n) is 6.50. The number of benzene rings is 1. The summed E-state index contributed by atoms with van der Waals surface area (Å²) in [6.07, 6.45) is 0. The summed E-state index contributed by atoms with van der Waals surface area (Å²) in [6, 6.07) is 5.88. The molecule has 0 bridgehead atoms. The maximum atomic E-state index is 12.2. The second kappa shape index (κ2) is 8.80. The van der Waals surface area contributed by atoms with Crippen molar-refractivity contribution in [3.63, 3.8) is 0 Å². The molecule has 6 heteroatoms. The lowest BCUT2D eigenvalue weighted by Crippen LogP contribution is -2.47. The van der Waals surface area contributed by atoms with Crippen molar-refractivity contribution >= 4 is 17.5 Å². The highest BCUT2D eigenvalue weighted by Gasteiger charge is 2.18. The monoisotopic (exact) mass is 332 g/mol. The molecule has 0 aliphatic carbocycles. The van der Waals surface area contributed by atoms with Crippen LogP contribution in [0.5, 0.6) is 0 Å². The minimum atomic E-state index is -0.605. The van der Waals surface area contributed by atoms with Gasteiger partial charge in [-0.1, -0.05) is 32.0 Å². The number of hydrogen-bond donors (Lipinski definition) is 3. The Kier molecular flexibility index (Phi) is 6.75. The minimum Gasteiger partial charge on any atom is -0.347 e. The van der Waals surface area contributed by atoms with Crippen LogP contribution >= 0.6 is 0 Å². The first-order chi connectivity index (χ1) is 11.5. The summed E-state index contributed by atoms with van der Waals surface area (Å²) in [7, 11) is 0. The average molecular weight is 332 g/mol. The van der Waals surface area contributed by atoms with E-state index in [1.165, 1.54) is 0 Å². The Morgan fingerprint density at radius 3 is 2.58 bits per heavy atom. The van der Waals surface area contributed by atoms with E-state index in [4.69, 9.17) is 0 Å². The summed E-state index contributed by atoms with van der Waals surface area (Å²) in [5.74, 6) is -0.912. The van der Waals surface area contributed by atoms with E-state index in [-0.39, 0.29) is 5.92 Å². The molecule has 1 fully saturated rings. The largest absolute Gasteiger partial charge is 0.347 e. The molecule has 2 rings (SSSR count). The fourth-order valence-corrected chi connectivity index (χ4v) is 2.86. The van der Waals surface area contributed by atoms with Gasteiger partial charge in [0.25, 0.3) is 0 Å². The number of rotatable bonds is 5. The van der Waals surface area contributed by atoms with Gasteiger partial charge in [-0.25, -0.2) is 0 Å². The minimum absolute atomic E-state index is 0.274. The van der Waals surface area contributed by atoms with Gasteiger partial charge >= 0.3 is 11.8 Å². The number of nitrogens with one attached hydrogen (secondary N) is 3. The van der Waals surface area contributed by atoms with E-state index < -0.39 is 11.8 Å². The highest BCUT2D eigenvalue weighted by Crippen LogP contribution is 2.27. The highest BCUT2D eigenvalue weighted by molar-refractivity contribution is 6.39. The van der Waals surface area contributed by atoms with Crippen molar-refractivity contribution < 1.29 is 9.59 Å². The maximum absolute atomic E-state index is 12.2. The zero-order valence-electron chi connectivity index (χ0n) is 14.8. The molecule has 0 aromatic heterocycles. The third kappa shape index (κ3) is 5.04. The molecule has 2 amide bonds. The third-order valence-corrected chi connectivity index (χ3v) is 4.29. The van der Waals surface area contributed by atoms with Gasteiger partial charge in [-0.15, -0.1) is 0 Å². The van der Waals surface area contributed by atoms with Crippen molar-refractivity contribution in [3.8, 4) is 0 Å². The molecule has 1 aromatic carbocycles. The number of piperazine rings is 1. The molecule has 0 unspecified atom stereocenters. The van der Waals surface area contributed by atoms with Gasteiger partial charge in [0.2, 0.25) is 0 Å². The van der Waals surface area contributed by atoms with Crippen LogP contribution in [0.3, 0.4) is 0 Å². The molecule has 6 nitrogen and oxygen atoms in total. The molecular formula is C18H28N4O2. The van der Waals surface area contributed by atoms with Crippen LogP contribution in [0.2, 0.25) is 0 Å². The first-order valence-corrected chi connectivity index (χ1v) is 8.60. The van der Waals surface area contributed by atoms with Crippen LogP contribution in [0.25, 0.3) is 0 Å². The molecule has 3 N–H and O–H groups in total. The third-order valence-electron chi connectivity index (χ3n) is 4.29. The lowest BCUT2D eigenvalue weighted by molar-refractivity contribution is -0.136. The van der Waals surface area contributed by atoms with Crippen LogP contribution in [-0.4, -0.2) is 56.0 Å². The van der Waals surface area contributed by atoms with Gasteiger partial charge in [-0.2, -0.15) is 0 Å². The lowest BCUT2D eigenvalue weighted by atomic mass is 9.98. The predicted octanol–water partition coefficient (Wildman–Crippen LogP) is 1.08. The van der Waals surface area contributed by atoms with E-state index in [2.05, 4.69) is 34.7 Å². The summed E-state index contributed by atoms with van der Waals surface area (Å²) in [4.78, 5) is 26.5. The van der Waals surface area contributed by atoms with E-state index >= 15 is 0 Å². The fraction of sp³-hybridized carbons (Fsp3) is 0.556. The molecule has 24 heavy (non-hydrogen) atoms. The normalized spacial score (nSPS) is 15.3. The number of nitrogens with zero attached hydrogens (tertiary/aromatic N) is 1. The van der Waals surface area contributed by atoms with Crippen LogP contribution in [-0.2, 0) is 9.59 Å². The molecule has 0 spiro atoms. The summed E-state index contributed by atoms with van der Waals surface area (Å²) in [6.45, 7) is 11.2. The maximum Gasteiger partial charge on any atom is 0.313 e. The van der Waals surface area contributed by atoms with Gasteiger partial charge in [-0.3, -0.25) is 14.5 Å². The van der Waals surface area contributed by atoms with E-state index in [0.717, 1.165) is 49.5 Å². The Balaban J connectivity index is 1.86. The predicted molar refractivity (Wildman–Crippen MR) is 96.2 cm³/mol. The number of hydrogen-bond acceptors (Lipinski definition) is 4. The van der Waals surface area contributed by atoms with Gasteiger partial charge < -0.3 is 16.0 Å². The molecule has 0 saturated carbocycles. The van der Waals surface area contributed by atoms with E-state index in [0.29, 0.717) is 6.54 Å². The van der Waals surface area contributed by atoms with Crippen molar-refractivity contribution in [1.82, 2.24) is 15.5 Å². The SMILES string of the molecule is Cc1cccc(C(C)C)c1NC(=O)C(=O)NCCN1CCNCC1. The average Bonchev–Trinajstić information content (AvgIpc) is 2.57. The number of carbonyl (C=O) groups is 2. The number of carbonyl (C=O) groups excluding carboxylic acids is 2. The first-order valence-electron chi connectivity index (χ1n) is 8.60. The smallest absolute Gasteiger partial charge is 0.313 e. The summed E-state index contributed by atoms with van der Waals surface area (Å²) in [5, 5.41) is 8.76. The van der Waals surface area contributed by atoms with E-state index in [9.17, 15) is 9.59 Å². The van der Waals surface area contributed by atoms with Crippen molar-refractivity contribution in [1.29, 1.82) is 0 Å². The van der Waals surface area contributed by atoms with Crippen LogP contribution < -0.4 is 16.0 Å². The Labute approximate surface area is 144 Å². The molecule has 1 saturated heterocycles. The summed E-state index contributed by atoms with van der Waals surface area (Å²) >= 11 is 0. The molecule has 1 heterocycles. The molecule has 1 aromatic rings. The fourth-order valence-electron chi connectivity index (χ4n) is 2.86. The van der Waals surface area contributed by atoms with Crippen molar-refractivity contribution in [2.45, 2.75) is 26.7 Å². The van der Waals surface area contributed by atoms with Crippen LogP contribution in [0.15, 0.2) is 18.2 Å². The molecular weight excluding hydrogens is 304 g/mol. The van der Waals surface area contributed by atoms with Gasteiger partial charge in [0, 0.05) is 45.0 Å². The van der Waals surface area contributed by atoms with Gasteiger partial charge in [-0.05, 0) is 24.0 Å². The Hall–Kier alpha value is -1.92. The van der Waals surface area contributed by atoms with E-state index in [1.807, 2.05) is 25.1 Å². The Bertz CT molecular complexity index is 580. The van der Waals surface area contributed by atoms with Gasteiger partial charge in [0.05, 0.1) is 0 Å². The Morgan fingerprint density at radius 1 is 1.21 bits per heavy atom. The number of aryl methyl sites for hydroxylation is 1. The lowest BCUT2D eigenvalue weighted by Gasteiger charge is -2.27. The molecule has 0 atom stereocenters. The number of anilines is 1.